The van der Waals surface area contributed by atoms with Gasteiger partial charge in [-0.1, -0.05) is 18.2 Å². The van der Waals surface area contributed by atoms with Crippen molar-refractivity contribution in [2.45, 2.75) is 17.6 Å². The van der Waals surface area contributed by atoms with E-state index in [1.165, 1.54) is 24.3 Å². The molecule has 0 atom stereocenters. The average molecular weight is 472 g/mol. The third-order valence-electron chi connectivity index (χ3n) is 4.06. The lowest BCUT2D eigenvalue weighted by atomic mass is 10.1. The number of amides is 2. The zero-order valence-electron chi connectivity index (χ0n) is 16.1. The number of para-hydroxylation sites is 1. The lowest BCUT2D eigenvalue weighted by Crippen LogP contribution is -2.39. The van der Waals surface area contributed by atoms with Gasteiger partial charge in [-0.3, -0.25) is 29.8 Å². The summed E-state index contributed by atoms with van der Waals surface area (Å²) in [6, 6.07) is 8.30. The molecule has 0 bridgehead atoms. The van der Waals surface area contributed by atoms with Gasteiger partial charge in [0.2, 0.25) is 11.8 Å². The minimum absolute atomic E-state index is 0.0639. The first-order valence-electron chi connectivity index (χ1n) is 8.67. The Balaban J connectivity index is 2.26. The molecule has 0 unspecified atom stereocenters. The van der Waals surface area contributed by atoms with Crippen LogP contribution in [0.4, 0.5) is 24.5 Å². The molecule has 2 rings (SSSR count). The van der Waals surface area contributed by atoms with Gasteiger partial charge in [-0.05, 0) is 12.1 Å². The van der Waals surface area contributed by atoms with Gasteiger partial charge in [-0.2, -0.15) is 13.2 Å². The standard InChI is InChI=1S/C18H15F3N4O6S/c19-18(20,21)10-23(8-12-3-1-2-4-13(12)24(28)29)16(26)9-32-15-6-5-11(17(22)27)7-14(15)25(30)31/h1-7H,8-10H2,(H2,22,27). The number of hydrogen-bond acceptors (Lipinski definition) is 7. The van der Waals surface area contributed by atoms with Gasteiger partial charge in [-0.15, -0.1) is 11.8 Å². The molecule has 32 heavy (non-hydrogen) atoms. The molecule has 0 saturated carbocycles. The minimum atomic E-state index is -4.78. The molecule has 170 valence electrons. The van der Waals surface area contributed by atoms with Crippen molar-refractivity contribution in [1.82, 2.24) is 4.90 Å². The highest BCUT2D eigenvalue weighted by atomic mass is 32.2. The van der Waals surface area contributed by atoms with Crippen LogP contribution >= 0.6 is 11.8 Å². The van der Waals surface area contributed by atoms with Crippen LogP contribution in [-0.2, 0) is 11.3 Å². The third-order valence-corrected chi connectivity index (χ3v) is 5.11. The number of halogens is 3. The number of nitrogens with zero attached hydrogens (tertiary/aromatic N) is 3. The smallest absolute Gasteiger partial charge is 0.366 e. The van der Waals surface area contributed by atoms with Crippen molar-refractivity contribution in [3.05, 3.63) is 73.8 Å². The monoisotopic (exact) mass is 472 g/mol. The highest BCUT2D eigenvalue weighted by Crippen LogP contribution is 2.31. The Hall–Kier alpha value is -3.68. The van der Waals surface area contributed by atoms with Crippen LogP contribution in [0.25, 0.3) is 0 Å². The summed E-state index contributed by atoms with van der Waals surface area (Å²) in [7, 11) is 0. The fourth-order valence-electron chi connectivity index (χ4n) is 2.64. The molecular formula is C18H15F3N4O6S. The number of rotatable bonds is 9. The number of primary amides is 1. The molecule has 2 N–H and O–H groups in total. The van der Waals surface area contributed by atoms with Gasteiger partial charge in [-0.25, -0.2) is 0 Å². The van der Waals surface area contributed by atoms with Gasteiger partial charge in [0.1, 0.15) is 6.54 Å². The maximum atomic E-state index is 13.0. The Labute approximate surface area is 182 Å². The lowest BCUT2D eigenvalue weighted by Gasteiger charge is -2.24. The maximum Gasteiger partial charge on any atom is 0.406 e. The summed E-state index contributed by atoms with van der Waals surface area (Å²) >= 11 is 0.593. The number of alkyl halides is 3. The summed E-state index contributed by atoms with van der Waals surface area (Å²) < 4.78 is 39.0. The number of carbonyl (C=O) groups is 2. The number of nitrogens with two attached hydrogens (primary N) is 1. The number of carbonyl (C=O) groups excluding carboxylic acids is 2. The second kappa shape index (κ2) is 10.1. The van der Waals surface area contributed by atoms with Crippen molar-refractivity contribution in [1.29, 1.82) is 0 Å². The number of nitro benzene ring substituents is 2. The van der Waals surface area contributed by atoms with Crippen molar-refractivity contribution in [2.24, 2.45) is 5.73 Å². The second-order valence-electron chi connectivity index (χ2n) is 6.34. The predicted molar refractivity (Wildman–Crippen MR) is 107 cm³/mol. The van der Waals surface area contributed by atoms with Crippen LogP contribution in [0.3, 0.4) is 0 Å². The van der Waals surface area contributed by atoms with Gasteiger partial charge in [0, 0.05) is 23.3 Å². The largest absolute Gasteiger partial charge is 0.406 e. The van der Waals surface area contributed by atoms with E-state index in [0.717, 1.165) is 18.2 Å². The maximum absolute atomic E-state index is 13.0. The minimum Gasteiger partial charge on any atom is -0.366 e. The van der Waals surface area contributed by atoms with Crippen LogP contribution in [0.15, 0.2) is 47.4 Å². The number of benzene rings is 2. The summed E-state index contributed by atoms with van der Waals surface area (Å²) in [5.74, 6) is -2.58. The molecular weight excluding hydrogens is 457 g/mol. The van der Waals surface area contributed by atoms with Crippen LogP contribution in [0.2, 0.25) is 0 Å². The molecule has 0 aliphatic rings. The molecule has 0 radical (unpaired) electrons. The number of thioether (sulfide) groups is 1. The van der Waals surface area contributed by atoms with E-state index in [0.29, 0.717) is 16.7 Å². The Morgan fingerprint density at radius 3 is 2.22 bits per heavy atom. The van der Waals surface area contributed by atoms with E-state index >= 15 is 0 Å². The van der Waals surface area contributed by atoms with E-state index in [1.54, 1.807) is 0 Å². The molecule has 0 aliphatic carbocycles. The molecule has 0 aliphatic heterocycles. The number of nitro groups is 2. The second-order valence-corrected chi connectivity index (χ2v) is 7.36. The fourth-order valence-corrected chi connectivity index (χ4v) is 3.55. The molecule has 14 heteroatoms. The van der Waals surface area contributed by atoms with E-state index in [1.807, 2.05) is 0 Å². The Kier molecular flexibility index (Phi) is 7.75. The summed E-state index contributed by atoms with van der Waals surface area (Å²) in [5.41, 5.74) is 3.84. The first kappa shape index (κ1) is 24.6. The van der Waals surface area contributed by atoms with Crippen LogP contribution in [-0.4, -0.2) is 45.0 Å². The molecule has 0 spiro atoms. The molecule has 0 aromatic heterocycles. The highest BCUT2D eigenvalue weighted by Gasteiger charge is 2.34. The number of hydrogen-bond donors (Lipinski definition) is 1. The normalized spacial score (nSPS) is 11.1. The summed E-state index contributed by atoms with van der Waals surface area (Å²) in [6.45, 7) is -2.35. The molecule has 2 amide bonds. The van der Waals surface area contributed by atoms with Gasteiger partial charge in [0.05, 0.1) is 27.0 Å². The van der Waals surface area contributed by atoms with E-state index in [-0.39, 0.29) is 16.0 Å². The predicted octanol–water partition coefficient (Wildman–Crippen LogP) is 3.29. The first-order valence-corrected chi connectivity index (χ1v) is 9.65. The molecule has 0 saturated heterocycles. The summed E-state index contributed by atoms with van der Waals surface area (Å²) in [6.07, 6.45) is -4.78. The van der Waals surface area contributed by atoms with Gasteiger partial charge >= 0.3 is 6.18 Å². The Morgan fingerprint density at radius 2 is 1.66 bits per heavy atom. The van der Waals surface area contributed by atoms with E-state index in [2.05, 4.69) is 0 Å². The fraction of sp³-hybridized carbons (Fsp3) is 0.222. The quantitative estimate of drug-likeness (QED) is 0.334. The molecule has 2 aromatic rings. The van der Waals surface area contributed by atoms with E-state index in [9.17, 15) is 43.0 Å². The zero-order valence-corrected chi connectivity index (χ0v) is 16.9. The topological polar surface area (TPSA) is 150 Å². The van der Waals surface area contributed by atoms with Crippen molar-refractivity contribution >= 4 is 35.0 Å². The van der Waals surface area contributed by atoms with Crippen molar-refractivity contribution < 1.29 is 32.6 Å². The van der Waals surface area contributed by atoms with Crippen LogP contribution in [0.1, 0.15) is 15.9 Å². The van der Waals surface area contributed by atoms with Gasteiger partial charge < -0.3 is 10.6 Å². The first-order chi connectivity index (χ1) is 14.9. The highest BCUT2D eigenvalue weighted by molar-refractivity contribution is 8.00. The molecule has 2 aromatic carbocycles. The van der Waals surface area contributed by atoms with E-state index in [4.69, 9.17) is 5.73 Å². The SMILES string of the molecule is NC(=O)c1ccc(SCC(=O)N(Cc2ccccc2[N+](=O)[O-])CC(F)(F)F)c([N+](=O)[O-])c1. The Morgan fingerprint density at radius 1 is 1.03 bits per heavy atom. The third kappa shape index (κ3) is 6.66. The van der Waals surface area contributed by atoms with Crippen molar-refractivity contribution in [3.8, 4) is 0 Å². The molecule has 0 fully saturated rings. The van der Waals surface area contributed by atoms with Gasteiger partial charge in [0.25, 0.3) is 11.4 Å². The molecule has 10 nitrogen and oxygen atoms in total. The summed E-state index contributed by atoms with van der Waals surface area (Å²) in [4.78, 5) is 44.8. The van der Waals surface area contributed by atoms with Crippen LogP contribution < -0.4 is 5.73 Å². The van der Waals surface area contributed by atoms with Crippen molar-refractivity contribution in [3.63, 3.8) is 0 Å². The lowest BCUT2D eigenvalue weighted by molar-refractivity contribution is -0.387. The van der Waals surface area contributed by atoms with Crippen molar-refractivity contribution in [2.75, 3.05) is 12.3 Å². The van der Waals surface area contributed by atoms with Crippen LogP contribution in [0.5, 0.6) is 0 Å². The van der Waals surface area contributed by atoms with E-state index < -0.39 is 58.1 Å². The molecule has 0 heterocycles. The van der Waals surface area contributed by atoms with Gasteiger partial charge in [0.15, 0.2) is 0 Å². The zero-order chi connectivity index (χ0) is 24.1. The van der Waals surface area contributed by atoms with Crippen LogP contribution in [0, 0.1) is 20.2 Å². The average Bonchev–Trinajstić information content (AvgIpc) is 2.70. The summed E-state index contributed by atoms with van der Waals surface area (Å²) in [5, 5.41) is 22.4. The Bertz CT molecular complexity index is 1060.